The monoisotopic (exact) mass is 374 g/mol. The van der Waals surface area contributed by atoms with Gasteiger partial charge in [0, 0.05) is 13.0 Å². The van der Waals surface area contributed by atoms with Crippen molar-refractivity contribution < 1.29 is 17.9 Å². The molecule has 1 unspecified atom stereocenters. The van der Waals surface area contributed by atoms with Crippen molar-refractivity contribution in [2.24, 2.45) is 5.14 Å². The number of amides is 1. The fourth-order valence-corrected chi connectivity index (χ4v) is 3.64. The summed E-state index contributed by atoms with van der Waals surface area (Å²) in [6, 6.07) is 10.2. The zero-order valence-corrected chi connectivity index (χ0v) is 15.6. The highest BCUT2D eigenvalue weighted by atomic mass is 32.2. The molecule has 3 N–H and O–H groups in total. The van der Waals surface area contributed by atoms with E-state index in [4.69, 9.17) is 9.88 Å². The summed E-state index contributed by atoms with van der Waals surface area (Å²) in [6.45, 7) is 4.39. The van der Waals surface area contributed by atoms with Crippen LogP contribution < -0.4 is 15.2 Å². The van der Waals surface area contributed by atoms with Crippen molar-refractivity contribution in [3.05, 3.63) is 58.7 Å². The van der Waals surface area contributed by atoms with Crippen LogP contribution in [0.1, 0.15) is 34.0 Å². The Hall–Kier alpha value is -2.38. The molecule has 2 aromatic rings. The Balaban J connectivity index is 1.64. The fraction of sp³-hybridized carbons (Fsp3) is 0.316. The van der Waals surface area contributed by atoms with Crippen molar-refractivity contribution in [3.63, 3.8) is 0 Å². The van der Waals surface area contributed by atoms with Crippen molar-refractivity contribution in [3.8, 4) is 5.75 Å². The molecular weight excluding hydrogens is 352 g/mol. The minimum Gasteiger partial charge on any atom is -0.489 e. The molecule has 2 aromatic carbocycles. The summed E-state index contributed by atoms with van der Waals surface area (Å²) in [6.07, 6.45) is 1.48. The van der Waals surface area contributed by atoms with Gasteiger partial charge in [-0.2, -0.15) is 0 Å². The molecule has 0 saturated heterocycles. The first-order valence-corrected chi connectivity index (χ1v) is 9.99. The van der Waals surface area contributed by atoms with Gasteiger partial charge in [0.25, 0.3) is 5.91 Å². The largest absolute Gasteiger partial charge is 0.489 e. The number of primary sulfonamides is 1. The number of fused-ring (bicyclic) bond motifs is 1. The molecular formula is C19H22N2O4S. The molecule has 1 atom stereocenters. The van der Waals surface area contributed by atoms with Gasteiger partial charge >= 0.3 is 0 Å². The Bertz CT molecular complexity index is 937. The summed E-state index contributed by atoms with van der Waals surface area (Å²) in [5.41, 5.74) is 3.58. The second-order valence-corrected chi connectivity index (χ2v) is 8.19. The van der Waals surface area contributed by atoms with Crippen LogP contribution in [-0.2, 0) is 22.9 Å². The van der Waals surface area contributed by atoms with Gasteiger partial charge in [-0.15, -0.1) is 0 Å². The van der Waals surface area contributed by atoms with E-state index in [-0.39, 0.29) is 16.9 Å². The predicted molar refractivity (Wildman–Crippen MR) is 98.8 cm³/mol. The van der Waals surface area contributed by atoms with Crippen LogP contribution in [0.5, 0.6) is 5.75 Å². The smallest absolute Gasteiger partial charge is 0.255 e. The van der Waals surface area contributed by atoms with Gasteiger partial charge < -0.3 is 10.1 Å². The number of aryl methyl sites for hydroxylation is 1. The average Bonchev–Trinajstić information content (AvgIpc) is 2.93. The third kappa shape index (κ3) is 4.05. The molecule has 26 heavy (non-hydrogen) atoms. The molecule has 1 amide bonds. The molecule has 7 heteroatoms. The van der Waals surface area contributed by atoms with Crippen molar-refractivity contribution in [2.45, 2.75) is 37.7 Å². The van der Waals surface area contributed by atoms with Crippen LogP contribution in [0.25, 0.3) is 0 Å². The van der Waals surface area contributed by atoms with E-state index in [9.17, 15) is 13.2 Å². The lowest BCUT2D eigenvalue weighted by atomic mass is 10.0. The number of nitrogens with one attached hydrogen (secondary N) is 1. The zero-order chi connectivity index (χ0) is 18.9. The van der Waals surface area contributed by atoms with E-state index in [0.29, 0.717) is 24.3 Å². The molecule has 0 fully saturated rings. The maximum absolute atomic E-state index is 12.6. The number of ether oxygens (including phenoxy) is 1. The molecule has 1 aliphatic heterocycles. The zero-order valence-electron chi connectivity index (χ0n) is 14.8. The number of carbonyl (C=O) groups is 1. The number of carbonyl (C=O) groups excluding carboxylic acids is 1. The summed E-state index contributed by atoms with van der Waals surface area (Å²) in [5.74, 6) is 0.512. The maximum atomic E-state index is 12.6. The van der Waals surface area contributed by atoms with Gasteiger partial charge in [-0.05, 0) is 55.2 Å². The van der Waals surface area contributed by atoms with Crippen LogP contribution in [-0.4, -0.2) is 27.0 Å². The quantitative estimate of drug-likeness (QED) is 0.835. The number of nitrogens with two attached hydrogens (primary N) is 1. The highest BCUT2D eigenvalue weighted by Gasteiger charge is 2.25. The second kappa shape index (κ2) is 7.09. The second-order valence-electron chi connectivity index (χ2n) is 6.63. The van der Waals surface area contributed by atoms with Gasteiger partial charge in [0.2, 0.25) is 10.0 Å². The molecule has 0 aromatic heterocycles. The molecule has 1 aliphatic rings. The number of hydrogen-bond donors (Lipinski definition) is 2. The number of benzene rings is 2. The van der Waals surface area contributed by atoms with Crippen LogP contribution in [0.15, 0.2) is 41.3 Å². The first kappa shape index (κ1) is 18.4. The maximum Gasteiger partial charge on any atom is 0.255 e. The lowest BCUT2D eigenvalue weighted by Gasteiger charge is -2.11. The minimum absolute atomic E-state index is 0.0758. The van der Waals surface area contributed by atoms with Crippen LogP contribution in [0.4, 0.5) is 0 Å². The van der Waals surface area contributed by atoms with Crippen LogP contribution >= 0.6 is 0 Å². The van der Waals surface area contributed by atoms with Crippen LogP contribution in [0, 0.1) is 6.92 Å². The summed E-state index contributed by atoms with van der Waals surface area (Å²) < 4.78 is 28.3. The van der Waals surface area contributed by atoms with E-state index in [2.05, 4.69) is 11.4 Å². The first-order valence-electron chi connectivity index (χ1n) is 8.44. The Morgan fingerprint density at radius 2 is 1.96 bits per heavy atom. The van der Waals surface area contributed by atoms with Crippen molar-refractivity contribution in [1.29, 1.82) is 0 Å². The van der Waals surface area contributed by atoms with Gasteiger partial charge in [0.1, 0.15) is 11.9 Å². The minimum atomic E-state index is -3.69. The molecule has 0 spiro atoms. The van der Waals surface area contributed by atoms with Gasteiger partial charge in [-0.25, -0.2) is 13.6 Å². The van der Waals surface area contributed by atoms with E-state index in [1.807, 2.05) is 19.9 Å². The normalized spacial score (nSPS) is 16.0. The van der Waals surface area contributed by atoms with Gasteiger partial charge in [0.15, 0.2) is 0 Å². The molecule has 0 saturated carbocycles. The van der Waals surface area contributed by atoms with Crippen LogP contribution in [0.2, 0.25) is 0 Å². The lowest BCUT2D eigenvalue weighted by molar-refractivity contribution is 0.0949. The van der Waals surface area contributed by atoms with E-state index >= 15 is 0 Å². The van der Waals surface area contributed by atoms with Gasteiger partial charge in [-0.1, -0.05) is 18.2 Å². The SMILES string of the molecule is Cc1cc2c(c(C(=O)NCCc3ccc(S(N)(=O)=O)cc3)c1)OC(C)C2. The van der Waals surface area contributed by atoms with E-state index in [1.54, 1.807) is 12.1 Å². The highest BCUT2D eigenvalue weighted by molar-refractivity contribution is 7.89. The molecule has 6 nitrogen and oxygen atoms in total. The fourth-order valence-electron chi connectivity index (χ4n) is 3.12. The summed E-state index contributed by atoms with van der Waals surface area (Å²) in [4.78, 5) is 12.6. The third-order valence-corrected chi connectivity index (χ3v) is 5.26. The Morgan fingerprint density at radius 3 is 2.62 bits per heavy atom. The number of hydrogen-bond acceptors (Lipinski definition) is 4. The summed E-state index contributed by atoms with van der Waals surface area (Å²) >= 11 is 0. The van der Waals surface area contributed by atoms with Crippen molar-refractivity contribution >= 4 is 15.9 Å². The highest BCUT2D eigenvalue weighted by Crippen LogP contribution is 2.33. The lowest BCUT2D eigenvalue weighted by Crippen LogP contribution is -2.26. The third-order valence-electron chi connectivity index (χ3n) is 4.33. The summed E-state index contributed by atoms with van der Waals surface area (Å²) in [7, 11) is -3.69. The van der Waals surface area contributed by atoms with E-state index in [0.717, 1.165) is 23.1 Å². The molecule has 0 bridgehead atoms. The van der Waals surface area contributed by atoms with E-state index < -0.39 is 10.0 Å². The van der Waals surface area contributed by atoms with Crippen molar-refractivity contribution in [2.75, 3.05) is 6.54 Å². The first-order chi connectivity index (χ1) is 12.2. The molecule has 0 radical (unpaired) electrons. The molecule has 1 heterocycles. The summed E-state index contributed by atoms with van der Waals surface area (Å²) in [5, 5.41) is 7.98. The van der Waals surface area contributed by atoms with Gasteiger partial charge in [0.05, 0.1) is 10.5 Å². The Labute approximate surface area is 153 Å². The molecule has 138 valence electrons. The Morgan fingerprint density at radius 1 is 1.27 bits per heavy atom. The van der Waals surface area contributed by atoms with Crippen LogP contribution in [0.3, 0.4) is 0 Å². The topological polar surface area (TPSA) is 98.5 Å². The molecule has 0 aliphatic carbocycles. The number of rotatable bonds is 5. The molecule has 3 rings (SSSR count). The van der Waals surface area contributed by atoms with Gasteiger partial charge in [-0.3, -0.25) is 4.79 Å². The van der Waals surface area contributed by atoms with E-state index in [1.165, 1.54) is 12.1 Å². The predicted octanol–water partition coefficient (Wildman–Crippen LogP) is 1.94. The van der Waals surface area contributed by atoms with Crippen molar-refractivity contribution in [1.82, 2.24) is 5.32 Å². The standard InChI is InChI=1S/C19H22N2O4S/c1-12-9-15-11-13(2)25-18(15)17(10-12)19(22)21-8-7-14-3-5-16(6-4-14)26(20,23)24/h3-6,9-10,13H,7-8,11H2,1-2H3,(H,21,22)(H2,20,23,24). The number of sulfonamides is 1. The average molecular weight is 374 g/mol. The Kier molecular flexibility index (Phi) is 5.02.